The fourth-order valence-electron chi connectivity index (χ4n) is 1.20. The van der Waals surface area contributed by atoms with Gasteiger partial charge in [-0.15, -0.1) is 0 Å². The van der Waals surface area contributed by atoms with Crippen LogP contribution < -0.4 is 0 Å². The maximum Gasteiger partial charge on any atom is 0.214 e. The summed E-state index contributed by atoms with van der Waals surface area (Å²) in [4.78, 5) is 0. The molecule has 65 valence electrons. The first-order chi connectivity index (χ1) is 5.17. The van der Waals surface area contributed by atoms with Gasteiger partial charge in [-0.3, -0.25) is 0 Å². The average molecular weight is 176 g/mol. The molecule has 1 radical (unpaired) electrons. The van der Waals surface area contributed by atoms with Crippen LogP contribution in [0.15, 0.2) is 0 Å². The van der Waals surface area contributed by atoms with Gasteiger partial charge in [0.25, 0.3) is 0 Å². The second-order valence-electron chi connectivity index (χ2n) is 2.75. The van der Waals surface area contributed by atoms with Gasteiger partial charge in [0.15, 0.2) is 0 Å². The topological polar surface area (TPSA) is 37.4 Å². The highest BCUT2D eigenvalue weighted by Gasteiger charge is 2.23. The second-order valence-corrected chi connectivity index (χ2v) is 4.84. The highest BCUT2D eigenvalue weighted by molar-refractivity contribution is 7.89. The molecule has 4 heteroatoms. The minimum Gasteiger partial charge on any atom is -0.212 e. The first kappa shape index (κ1) is 9.00. The van der Waals surface area contributed by atoms with E-state index in [0.717, 1.165) is 6.42 Å². The SMILES string of the molecule is CCCS(=O)(=O)N1C[CH]CC1. The number of rotatable bonds is 3. The van der Waals surface area contributed by atoms with Crippen molar-refractivity contribution in [2.45, 2.75) is 19.8 Å². The molecule has 1 fully saturated rings. The second kappa shape index (κ2) is 3.54. The van der Waals surface area contributed by atoms with Crippen LogP contribution in [0.4, 0.5) is 0 Å². The van der Waals surface area contributed by atoms with E-state index in [0.29, 0.717) is 25.3 Å². The zero-order valence-electron chi connectivity index (χ0n) is 6.78. The summed E-state index contributed by atoms with van der Waals surface area (Å²) in [5, 5.41) is 0. The van der Waals surface area contributed by atoms with E-state index in [1.165, 1.54) is 0 Å². The summed E-state index contributed by atoms with van der Waals surface area (Å²) in [5.74, 6) is 0.292. The molecule has 0 spiro atoms. The third-order valence-corrected chi connectivity index (χ3v) is 3.81. The predicted octanol–water partition coefficient (Wildman–Crippen LogP) is 0.636. The van der Waals surface area contributed by atoms with Crippen LogP contribution in [0.1, 0.15) is 19.8 Å². The van der Waals surface area contributed by atoms with Crippen LogP contribution in [-0.4, -0.2) is 31.6 Å². The molecule has 0 aromatic heterocycles. The third-order valence-electron chi connectivity index (χ3n) is 1.77. The molecule has 3 nitrogen and oxygen atoms in total. The van der Waals surface area contributed by atoms with Crippen molar-refractivity contribution in [2.24, 2.45) is 0 Å². The first-order valence-corrected chi connectivity index (χ1v) is 5.57. The quantitative estimate of drug-likeness (QED) is 0.632. The van der Waals surface area contributed by atoms with E-state index in [1.54, 1.807) is 4.31 Å². The van der Waals surface area contributed by atoms with Crippen molar-refractivity contribution in [2.75, 3.05) is 18.8 Å². The van der Waals surface area contributed by atoms with Gasteiger partial charge >= 0.3 is 0 Å². The van der Waals surface area contributed by atoms with Crippen molar-refractivity contribution < 1.29 is 8.42 Å². The molecule has 0 saturated carbocycles. The lowest BCUT2D eigenvalue weighted by molar-refractivity contribution is 0.480. The van der Waals surface area contributed by atoms with Crippen LogP contribution in [0.5, 0.6) is 0 Å². The Hall–Kier alpha value is -0.0900. The normalized spacial score (nSPS) is 20.8. The van der Waals surface area contributed by atoms with Crippen LogP contribution >= 0.6 is 0 Å². The number of sulfonamides is 1. The summed E-state index contributed by atoms with van der Waals surface area (Å²) in [6.07, 6.45) is 3.62. The van der Waals surface area contributed by atoms with Crippen molar-refractivity contribution in [3.63, 3.8) is 0 Å². The minimum absolute atomic E-state index is 0.292. The Labute approximate surface area is 68.4 Å². The summed E-state index contributed by atoms with van der Waals surface area (Å²) >= 11 is 0. The monoisotopic (exact) mass is 176 g/mol. The molecule has 1 heterocycles. The van der Waals surface area contributed by atoms with Gasteiger partial charge in [-0.25, -0.2) is 12.7 Å². The van der Waals surface area contributed by atoms with Crippen molar-refractivity contribution >= 4 is 10.0 Å². The lowest BCUT2D eigenvalue weighted by atomic mass is 10.4. The smallest absolute Gasteiger partial charge is 0.212 e. The fourth-order valence-corrected chi connectivity index (χ4v) is 2.69. The van der Waals surface area contributed by atoms with Gasteiger partial charge in [0.05, 0.1) is 5.75 Å². The number of hydrogen-bond acceptors (Lipinski definition) is 2. The molecule has 0 amide bonds. The van der Waals surface area contributed by atoms with Gasteiger partial charge in [0.2, 0.25) is 10.0 Å². The summed E-state index contributed by atoms with van der Waals surface area (Å²) in [6, 6.07) is 0. The van der Waals surface area contributed by atoms with E-state index < -0.39 is 10.0 Å². The molecule has 0 unspecified atom stereocenters. The molecule has 0 bridgehead atoms. The fraction of sp³-hybridized carbons (Fsp3) is 0.857. The van der Waals surface area contributed by atoms with Crippen LogP contribution in [-0.2, 0) is 10.0 Å². The molecule has 1 aliphatic heterocycles. The van der Waals surface area contributed by atoms with Gasteiger partial charge in [-0.05, 0) is 19.3 Å². The maximum atomic E-state index is 11.3. The summed E-state index contributed by atoms with van der Waals surface area (Å²) in [6.45, 7) is 3.18. The Balaban J connectivity index is 2.56. The highest BCUT2D eigenvalue weighted by Crippen LogP contribution is 2.12. The molecule has 0 N–H and O–H groups in total. The van der Waals surface area contributed by atoms with Crippen LogP contribution in [0.3, 0.4) is 0 Å². The Morgan fingerprint density at radius 3 is 2.73 bits per heavy atom. The van der Waals surface area contributed by atoms with Gasteiger partial charge in [0, 0.05) is 13.1 Å². The molecule has 1 saturated heterocycles. The minimum atomic E-state index is -2.91. The van der Waals surface area contributed by atoms with Crippen molar-refractivity contribution in [3.05, 3.63) is 6.42 Å². The lowest BCUT2D eigenvalue weighted by Crippen LogP contribution is -2.29. The standard InChI is InChI=1S/C7H14NO2S/c1-2-7-11(9,10)8-5-3-4-6-8/h3H,2,4-7H2,1H3. The van der Waals surface area contributed by atoms with Crippen molar-refractivity contribution in [3.8, 4) is 0 Å². The summed E-state index contributed by atoms with van der Waals surface area (Å²) < 4.78 is 24.2. The van der Waals surface area contributed by atoms with E-state index in [-0.39, 0.29) is 0 Å². The van der Waals surface area contributed by atoms with Crippen LogP contribution in [0.2, 0.25) is 0 Å². The zero-order chi connectivity index (χ0) is 8.32. The molecular weight excluding hydrogens is 162 g/mol. The summed E-state index contributed by atoms with van der Waals surface area (Å²) in [5.41, 5.74) is 0. The van der Waals surface area contributed by atoms with Crippen molar-refractivity contribution in [1.29, 1.82) is 0 Å². The Morgan fingerprint density at radius 1 is 1.55 bits per heavy atom. The van der Waals surface area contributed by atoms with E-state index in [9.17, 15) is 8.42 Å². The van der Waals surface area contributed by atoms with Crippen molar-refractivity contribution in [1.82, 2.24) is 4.31 Å². The van der Waals surface area contributed by atoms with E-state index >= 15 is 0 Å². The number of hydrogen-bond donors (Lipinski definition) is 0. The Morgan fingerprint density at radius 2 is 2.27 bits per heavy atom. The van der Waals surface area contributed by atoms with E-state index in [1.807, 2.05) is 13.3 Å². The van der Waals surface area contributed by atoms with Gasteiger partial charge in [-0.1, -0.05) is 6.92 Å². The van der Waals surface area contributed by atoms with E-state index in [4.69, 9.17) is 0 Å². The maximum absolute atomic E-state index is 11.3. The third kappa shape index (κ3) is 2.17. The molecule has 1 aliphatic rings. The number of nitrogens with zero attached hydrogens (tertiary/aromatic N) is 1. The molecular formula is C7H14NO2S. The van der Waals surface area contributed by atoms with Crippen LogP contribution in [0.25, 0.3) is 0 Å². The highest BCUT2D eigenvalue weighted by atomic mass is 32.2. The molecule has 0 aromatic carbocycles. The van der Waals surface area contributed by atoms with Gasteiger partial charge in [0.1, 0.15) is 0 Å². The largest absolute Gasteiger partial charge is 0.214 e. The molecule has 0 atom stereocenters. The van der Waals surface area contributed by atoms with Crippen LogP contribution in [0, 0.1) is 6.42 Å². The predicted molar refractivity (Wildman–Crippen MR) is 44.6 cm³/mol. The average Bonchev–Trinajstić information content (AvgIpc) is 2.37. The summed E-state index contributed by atoms with van der Waals surface area (Å²) in [7, 11) is -2.91. The molecule has 0 aliphatic carbocycles. The zero-order valence-corrected chi connectivity index (χ0v) is 7.60. The molecule has 1 rings (SSSR count). The molecule has 11 heavy (non-hydrogen) atoms. The Bertz CT molecular complexity index is 204. The molecule has 0 aromatic rings. The Kier molecular flexibility index (Phi) is 2.90. The van der Waals surface area contributed by atoms with E-state index in [2.05, 4.69) is 0 Å². The first-order valence-electron chi connectivity index (χ1n) is 3.96. The van der Waals surface area contributed by atoms with Gasteiger partial charge < -0.3 is 0 Å². The van der Waals surface area contributed by atoms with Gasteiger partial charge in [-0.2, -0.15) is 0 Å². The lowest BCUT2D eigenvalue weighted by Gasteiger charge is -2.13.